The summed E-state index contributed by atoms with van der Waals surface area (Å²) in [6, 6.07) is 6.41. The largest absolute Gasteiger partial charge is 0.398 e. The molecule has 1 aromatic carbocycles. The van der Waals surface area contributed by atoms with Crippen molar-refractivity contribution in [2.24, 2.45) is 5.84 Å². The first-order chi connectivity index (χ1) is 13.2. The van der Waals surface area contributed by atoms with Gasteiger partial charge in [-0.3, -0.25) is 4.90 Å². The van der Waals surface area contributed by atoms with Gasteiger partial charge in [-0.2, -0.15) is 0 Å². The Morgan fingerprint density at radius 1 is 1.36 bits per heavy atom. The minimum atomic E-state index is 0.242. The zero-order valence-corrected chi connectivity index (χ0v) is 18.2. The maximum Gasteiger partial charge on any atom is 0.0678 e. The van der Waals surface area contributed by atoms with Gasteiger partial charge in [0.2, 0.25) is 0 Å². The normalized spacial score (nSPS) is 22.8. The third-order valence-electron chi connectivity index (χ3n) is 5.29. The van der Waals surface area contributed by atoms with Crippen LogP contribution in [0.1, 0.15) is 38.8 Å². The third-order valence-corrected chi connectivity index (χ3v) is 5.29. The quantitative estimate of drug-likeness (QED) is 0.379. The van der Waals surface area contributed by atoms with Crippen LogP contribution in [0.3, 0.4) is 0 Å². The highest BCUT2D eigenvalue weighted by Crippen LogP contribution is 2.23. The van der Waals surface area contributed by atoms with Crippen molar-refractivity contribution >= 4 is 11.4 Å². The number of hydrogen-bond donors (Lipinski definition) is 3. The van der Waals surface area contributed by atoms with Crippen molar-refractivity contribution in [2.75, 3.05) is 32.9 Å². The van der Waals surface area contributed by atoms with E-state index in [-0.39, 0.29) is 18.2 Å². The molecule has 1 aliphatic rings. The van der Waals surface area contributed by atoms with Gasteiger partial charge in [0.15, 0.2) is 0 Å². The van der Waals surface area contributed by atoms with Gasteiger partial charge in [0.05, 0.1) is 12.2 Å². The van der Waals surface area contributed by atoms with Gasteiger partial charge in [0, 0.05) is 56.7 Å². The number of allylic oxidation sites excluding steroid dienone is 2. The summed E-state index contributed by atoms with van der Waals surface area (Å²) in [4.78, 5) is 2.45. The molecule has 5 N–H and O–H groups in total. The van der Waals surface area contributed by atoms with Gasteiger partial charge in [-0.05, 0) is 57.0 Å². The van der Waals surface area contributed by atoms with Gasteiger partial charge in [-0.15, -0.1) is 0 Å². The molecule has 1 unspecified atom stereocenters. The van der Waals surface area contributed by atoms with Gasteiger partial charge in [0.25, 0.3) is 0 Å². The van der Waals surface area contributed by atoms with Crippen molar-refractivity contribution in [3.63, 3.8) is 0 Å². The molecule has 0 aromatic heterocycles. The van der Waals surface area contributed by atoms with E-state index in [1.165, 1.54) is 0 Å². The minimum absolute atomic E-state index is 0.242. The number of morpholine rings is 1. The zero-order valence-electron chi connectivity index (χ0n) is 18.2. The smallest absolute Gasteiger partial charge is 0.0678 e. The Labute approximate surface area is 170 Å². The lowest BCUT2D eigenvalue weighted by Gasteiger charge is -2.38. The lowest BCUT2D eigenvalue weighted by molar-refractivity contribution is -0.0737. The third kappa shape index (κ3) is 5.74. The van der Waals surface area contributed by atoms with E-state index in [2.05, 4.69) is 49.2 Å². The van der Waals surface area contributed by atoms with Crippen LogP contribution in [0.15, 0.2) is 36.0 Å². The van der Waals surface area contributed by atoms with Crippen LogP contribution < -0.4 is 16.9 Å². The molecule has 0 radical (unpaired) electrons. The van der Waals surface area contributed by atoms with Crippen LogP contribution >= 0.6 is 0 Å². The Balaban J connectivity index is 2.25. The molecule has 2 rings (SSSR count). The molecule has 0 bridgehead atoms. The lowest BCUT2D eigenvalue weighted by atomic mass is 10.0. The molecule has 0 spiro atoms. The lowest BCUT2D eigenvalue weighted by Crippen LogP contribution is -2.49. The van der Waals surface area contributed by atoms with Gasteiger partial charge >= 0.3 is 0 Å². The van der Waals surface area contributed by atoms with E-state index in [4.69, 9.17) is 16.3 Å². The Bertz CT molecular complexity index is 703. The van der Waals surface area contributed by atoms with E-state index in [9.17, 15) is 0 Å². The SMILES string of the molecule is C/C=C(\NC)c1ccc(N)c(C/C(=C/C(C)N2C[C@@H](C)O[C@@H](C)C2)N(C)N)c1. The summed E-state index contributed by atoms with van der Waals surface area (Å²) in [6.45, 7) is 10.3. The number of nitrogens with two attached hydrogens (primary N) is 2. The summed E-state index contributed by atoms with van der Waals surface area (Å²) in [7, 11) is 3.81. The van der Waals surface area contributed by atoms with Crippen LogP contribution in [0.5, 0.6) is 0 Å². The second-order valence-corrected chi connectivity index (χ2v) is 7.76. The van der Waals surface area contributed by atoms with Crippen LogP contribution in [0.4, 0.5) is 5.69 Å². The fraction of sp³-hybridized carbons (Fsp3) is 0.545. The predicted octanol–water partition coefficient (Wildman–Crippen LogP) is 2.58. The molecule has 1 aliphatic heterocycles. The summed E-state index contributed by atoms with van der Waals surface area (Å²) in [5.41, 5.74) is 11.4. The molecular weight excluding hydrogens is 350 g/mol. The number of nitrogens with one attached hydrogen (secondary N) is 1. The number of anilines is 1. The van der Waals surface area contributed by atoms with E-state index >= 15 is 0 Å². The molecular formula is C22H37N5O. The molecule has 1 fully saturated rings. The average Bonchev–Trinajstić information content (AvgIpc) is 2.63. The molecule has 6 nitrogen and oxygen atoms in total. The van der Waals surface area contributed by atoms with Gasteiger partial charge in [-0.25, -0.2) is 5.84 Å². The number of nitrogen functional groups attached to an aromatic ring is 1. The van der Waals surface area contributed by atoms with E-state index in [1.807, 2.05) is 33.2 Å². The van der Waals surface area contributed by atoms with Crippen molar-refractivity contribution in [3.05, 3.63) is 47.2 Å². The van der Waals surface area contributed by atoms with E-state index in [1.54, 1.807) is 5.01 Å². The fourth-order valence-electron chi connectivity index (χ4n) is 3.81. The summed E-state index contributed by atoms with van der Waals surface area (Å²) in [6.07, 6.45) is 5.47. The van der Waals surface area contributed by atoms with Crippen molar-refractivity contribution in [2.45, 2.75) is 52.4 Å². The molecule has 28 heavy (non-hydrogen) atoms. The first-order valence-electron chi connectivity index (χ1n) is 10.1. The number of likely N-dealkylation sites (N-methyl/N-ethyl adjacent to an activating group) is 1. The molecule has 0 amide bonds. The Morgan fingerprint density at radius 2 is 2.00 bits per heavy atom. The zero-order chi connectivity index (χ0) is 20.8. The fourth-order valence-corrected chi connectivity index (χ4v) is 3.81. The van der Waals surface area contributed by atoms with Crippen LogP contribution in [0, 0.1) is 0 Å². The van der Waals surface area contributed by atoms with E-state index in [0.717, 1.165) is 41.3 Å². The Morgan fingerprint density at radius 3 is 2.54 bits per heavy atom. The van der Waals surface area contributed by atoms with Crippen molar-refractivity contribution in [3.8, 4) is 0 Å². The number of hydrazine groups is 1. The van der Waals surface area contributed by atoms with Crippen LogP contribution in [0.25, 0.3) is 5.70 Å². The van der Waals surface area contributed by atoms with Gasteiger partial charge in [-0.1, -0.05) is 12.1 Å². The molecule has 1 aromatic rings. The molecule has 0 saturated carbocycles. The number of ether oxygens (including phenoxy) is 1. The molecule has 3 atom stereocenters. The standard InChI is InChI=1S/C22H37N5O/c1-7-22(25-5)18-8-9-21(23)19(11-18)12-20(26(6)24)10-15(2)27-13-16(3)28-17(4)14-27/h7-11,15-17,25H,12-14,23-24H2,1-6H3/b20-10-,22-7-/t15?,16-,17+. The number of benzene rings is 1. The van der Waals surface area contributed by atoms with Crippen molar-refractivity contribution in [1.29, 1.82) is 0 Å². The highest BCUT2D eigenvalue weighted by Gasteiger charge is 2.25. The highest BCUT2D eigenvalue weighted by atomic mass is 16.5. The monoisotopic (exact) mass is 387 g/mol. The van der Waals surface area contributed by atoms with Crippen LogP contribution in [-0.2, 0) is 11.2 Å². The van der Waals surface area contributed by atoms with E-state index < -0.39 is 0 Å². The average molecular weight is 388 g/mol. The maximum atomic E-state index is 6.28. The van der Waals surface area contributed by atoms with E-state index in [0.29, 0.717) is 6.42 Å². The minimum Gasteiger partial charge on any atom is -0.398 e. The van der Waals surface area contributed by atoms with Crippen molar-refractivity contribution < 1.29 is 4.74 Å². The van der Waals surface area contributed by atoms with Crippen molar-refractivity contribution in [1.82, 2.24) is 15.2 Å². The molecule has 6 heteroatoms. The molecule has 0 aliphatic carbocycles. The van der Waals surface area contributed by atoms with Gasteiger partial charge in [0.1, 0.15) is 0 Å². The highest BCUT2D eigenvalue weighted by molar-refractivity contribution is 5.67. The second-order valence-electron chi connectivity index (χ2n) is 7.76. The van der Waals surface area contributed by atoms with Crippen LogP contribution in [-0.4, -0.2) is 55.3 Å². The topological polar surface area (TPSA) is 79.8 Å². The summed E-state index contributed by atoms with van der Waals surface area (Å²) in [5.74, 6) is 6.17. The molecule has 1 saturated heterocycles. The van der Waals surface area contributed by atoms with Crippen LogP contribution in [0.2, 0.25) is 0 Å². The first-order valence-corrected chi connectivity index (χ1v) is 10.1. The molecule has 156 valence electrons. The summed E-state index contributed by atoms with van der Waals surface area (Å²) >= 11 is 0. The molecule has 1 heterocycles. The Kier molecular flexibility index (Phi) is 7.92. The summed E-state index contributed by atoms with van der Waals surface area (Å²) < 4.78 is 5.86. The second kappa shape index (κ2) is 9.96. The Hall–Kier alpha value is -2.02. The predicted molar refractivity (Wildman–Crippen MR) is 118 cm³/mol. The number of hydrogen-bond acceptors (Lipinski definition) is 6. The first kappa shape index (κ1) is 22.3. The number of rotatable bonds is 7. The summed E-state index contributed by atoms with van der Waals surface area (Å²) in [5, 5.41) is 4.93. The maximum absolute atomic E-state index is 6.28. The van der Waals surface area contributed by atoms with Gasteiger partial charge < -0.3 is 20.8 Å². The number of nitrogens with zero attached hydrogens (tertiary/aromatic N) is 2.